The van der Waals surface area contributed by atoms with Crippen molar-refractivity contribution >= 4 is 23.0 Å². The molecule has 0 bridgehead atoms. The van der Waals surface area contributed by atoms with Gasteiger partial charge < -0.3 is 19.6 Å². The van der Waals surface area contributed by atoms with Crippen LogP contribution in [0.2, 0.25) is 0 Å². The summed E-state index contributed by atoms with van der Waals surface area (Å²) >= 11 is 1.31. The fourth-order valence-electron chi connectivity index (χ4n) is 4.22. The van der Waals surface area contributed by atoms with E-state index in [1.807, 2.05) is 36.6 Å². The van der Waals surface area contributed by atoms with E-state index >= 15 is 0 Å². The first kappa shape index (κ1) is 21.6. The van der Waals surface area contributed by atoms with Crippen LogP contribution in [0.25, 0.3) is 0 Å². The number of ketones is 1. The Balaban J connectivity index is 1.64. The molecule has 3 heterocycles. The first-order valence-electron chi connectivity index (χ1n) is 10.9. The molecule has 1 N–H and O–H groups in total. The second kappa shape index (κ2) is 9.66. The highest BCUT2D eigenvalue weighted by atomic mass is 32.1. The summed E-state index contributed by atoms with van der Waals surface area (Å²) < 4.78 is 5.68. The van der Waals surface area contributed by atoms with Crippen LogP contribution in [0.1, 0.15) is 47.5 Å². The lowest BCUT2D eigenvalue weighted by atomic mass is 9.95. The minimum Gasteiger partial charge on any atom is -0.503 e. The van der Waals surface area contributed by atoms with E-state index in [0.717, 1.165) is 37.4 Å². The van der Waals surface area contributed by atoms with Gasteiger partial charge in [-0.2, -0.15) is 0 Å². The Morgan fingerprint density at radius 1 is 1.16 bits per heavy atom. The van der Waals surface area contributed by atoms with Crippen molar-refractivity contribution in [3.63, 3.8) is 0 Å². The predicted octanol–water partition coefficient (Wildman–Crippen LogP) is 4.21. The second-order valence-corrected chi connectivity index (χ2v) is 8.88. The largest absolute Gasteiger partial charge is 0.503 e. The molecule has 1 saturated heterocycles. The summed E-state index contributed by atoms with van der Waals surface area (Å²) in [6.45, 7) is 5.92. The summed E-state index contributed by atoms with van der Waals surface area (Å²) in [5.74, 6) is -0.453. The highest BCUT2D eigenvalue weighted by Crippen LogP contribution is 2.39. The molecule has 164 valence electrons. The first-order valence-corrected chi connectivity index (χ1v) is 11.8. The van der Waals surface area contributed by atoms with Crippen LogP contribution in [-0.4, -0.2) is 59.4 Å². The van der Waals surface area contributed by atoms with Crippen LogP contribution in [0.5, 0.6) is 5.75 Å². The van der Waals surface area contributed by atoms with E-state index < -0.39 is 17.7 Å². The van der Waals surface area contributed by atoms with E-state index in [2.05, 4.69) is 4.90 Å². The molecule has 1 unspecified atom stereocenters. The molecule has 1 aromatic heterocycles. The Bertz CT molecular complexity index is 946. The van der Waals surface area contributed by atoms with Crippen molar-refractivity contribution in [3.8, 4) is 5.75 Å². The number of rotatable bonds is 9. The van der Waals surface area contributed by atoms with Gasteiger partial charge in [-0.05, 0) is 61.5 Å². The van der Waals surface area contributed by atoms with Crippen LogP contribution in [0, 0.1) is 0 Å². The maximum absolute atomic E-state index is 13.2. The van der Waals surface area contributed by atoms with E-state index in [4.69, 9.17) is 4.74 Å². The molecule has 0 spiro atoms. The molecule has 2 aliphatic rings. The molecule has 1 amide bonds. The topological polar surface area (TPSA) is 70.1 Å². The zero-order valence-electron chi connectivity index (χ0n) is 17.8. The van der Waals surface area contributed by atoms with Crippen LogP contribution in [-0.2, 0) is 4.79 Å². The van der Waals surface area contributed by atoms with Crippen molar-refractivity contribution in [2.24, 2.45) is 0 Å². The summed E-state index contributed by atoms with van der Waals surface area (Å²) in [5.41, 5.74) is 0.957. The minimum atomic E-state index is -0.607. The third-order valence-electron chi connectivity index (χ3n) is 5.82. The molecule has 31 heavy (non-hydrogen) atoms. The number of hydrogen-bond acceptors (Lipinski definition) is 6. The molecule has 7 heteroatoms. The van der Waals surface area contributed by atoms with Gasteiger partial charge in [0.05, 0.1) is 23.1 Å². The second-order valence-electron chi connectivity index (χ2n) is 7.94. The number of aliphatic hydroxyl groups excluding tert-OH is 1. The third kappa shape index (κ3) is 4.52. The van der Waals surface area contributed by atoms with Crippen molar-refractivity contribution in [1.82, 2.24) is 9.80 Å². The zero-order valence-corrected chi connectivity index (χ0v) is 18.6. The lowest BCUT2D eigenvalue weighted by Crippen LogP contribution is -2.37. The lowest BCUT2D eigenvalue weighted by Gasteiger charge is -2.28. The predicted molar refractivity (Wildman–Crippen MR) is 121 cm³/mol. The molecule has 1 atom stereocenters. The summed E-state index contributed by atoms with van der Waals surface area (Å²) in [6.07, 6.45) is 3.25. The van der Waals surface area contributed by atoms with Crippen molar-refractivity contribution < 1.29 is 19.4 Å². The highest BCUT2D eigenvalue weighted by Gasteiger charge is 2.43. The van der Waals surface area contributed by atoms with Gasteiger partial charge in [-0.1, -0.05) is 25.1 Å². The molecule has 1 fully saturated rings. The molecule has 0 aliphatic carbocycles. The van der Waals surface area contributed by atoms with Gasteiger partial charge in [-0.3, -0.25) is 9.59 Å². The van der Waals surface area contributed by atoms with Gasteiger partial charge in [0.2, 0.25) is 5.78 Å². The zero-order chi connectivity index (χ0) is 21.8. The molecular weight excluding hydrogens is 412 g/mol. The van der Waals surface area contributed by atoms with Crippen molar-refractivity contribution in [2.45, 2.75) is 32.2 Å². The van der Waals surface area contributed by atoms with Crippen LogP contribution in [0.15, 0.2) is 53.1 Å². The minimum absolute atomic E-state index is 0.163. The monoisotopic (exact) mass is 440 g/mol. The van der Waals surface area contributed by atoms with Crippen LogP contribution in [0.4, 0.5) is 0 Å². The fraction of sp³-hybridized carbons (Fsp3) is 0.417. The quantitative estimate of drug-likeness (QED) is 0.592. The summed E-state index contributed by atoms with van der Waals surface area (Å²) in [5, 5.41) is 12.5. The molecule has 1 aromatic carbocycles. The van der Waals surface area contributed by atoms with Crippen LogP contribution in [0.3, 0.4) is 0 Å². The Kier molecular flexibility index (Phi) is 6.73. The molecule has 2 aliphatic heterocycles. The first-order chi connectivity index (χ1) is 15.1. The van der Waals surface area contributed by atoms with Gasteiger partial charge in [0.25, 0.3) is 5.91 Å². The summed E-state index contributed by atoms with van der Waals surface area (Å²) in [7, 11) is 0. The van der Waals surface area contributed by atoms with E-state index in [1.54, 1.807) is 17.0 Å². The summed E-state index contributed by atoms with van der Waals surface area (Å²) in [4.78, 5) is 30.7. The lowest BCUT2D eigenvalue weighted by molar-refractivity contribution is -0.129. The van der Waals surface area contributed by atoms with Crippen molar-refractivity contribution in [1.29, 1.82) is 0 Å². The van der Waals surface area contributed by atoms with Gasteiger partial charge in [-0.15, -0.1) is 11.3 Å². The number of amides is 1. The van der Waals surface area contributed by atoms with E-state index in [9.17, 15) is 14.7 Å². The highest BCUT2D eigenvalue weighted by molar-refractivity contribution is 7.12. The van der Waals surface area contributed by atoms with Crippen molar-refractivity contribution in [2.75, 3.05) is 32.8 Å². The molecule has 2 aromatic rings. The van der Waals surface area contributed by atoms with E-state index in [1.165, 1.54) is 24.2 Å². The molecule has 0 radical (unpaired) electrons. The smallest absolute Gasteiger partial charge is 0.290 e. The van der Waals surface area contributed by atoms with Gasteiger partial charge in [0.15, 0.2) is 5.76 Å². The van der Waals surface area contributed by atoms with Gasteiger partial charge in [0, 0.05) is 13.1 Å². The van der Waals surface area contributed by atoms with E-state index in [-0.39, 0.29) is 11.4 Å². The SMILES string of the molecule is CCCOc1ccc(C2C(C(=O)c3cccs3)=C(O)C(=O)N2CCN2CCCC2)cc1. The molecular formula is C24H28N2O4S. The third-order valence-corrected chi connectivity index (χ3v) is 6.69. The average molecular weight is 441 g/mol. The fourth-order valence-corrected chi connectivity index (χ4v) is 4.90. The number of Topliss-reactive ketones (excluding diaryl/α,β-unsaturated/α-hetero) is 1. The van der Waals surface area contributed by atoms with Gasteiger partial charge in [0.1, 0.15) is 5.75 Å². The molecule has 4 rings (SSSR count). The van der Waals surface area contributed by atoms with Crippen molar-refractivity contribution in [3.05, 3.63) is 63.6 Å². The number of hydrogen-bond donors (Lipinski definition) is 1. The maximum Gasteiger partial charge on any atom is 0.290 e. The normalized spacial score (nSPS) is 19.5. The van der Waals surface area contributed by atoms with Crippen LogP contribution < -0.4 is 4.74 Å². The standard InChI is InChI=1S/C24H28N2O4S/c1-2-15-30-18-9-7-17(8-10-18)21-20(22(27)19-6-5-16-31-19)23(28)24(29)26(21)14-13-25-11-3-4-12-25/h5-10,16,21,28H,2-4,11-15H2,1H3. The average Bonchev–Trinajstić information content (AvgIpc) is 3.54. The Morgan fingerprint density at radius 3 is 2.55 bits per heavy atom. The van der Waals surface area contributed by atoms with Gasteiger partial charge in [-0.25, -0.2) is 0 Å². The number of carbonyl (C=O) groups excluding carboxylic acids is 2. The van der Waals surface area contributed by atoms with Gasteiger partial charge >= 0.3 is 0 Å². The van der Waals surface area contributed by atoms with Crippen LogP contribution >= 0.6 is 11.3 Å². The molecule has 6 nitrogen and oxygen atoms in total. The number of thiophene rings is 1. The number of carbonyl (C=O) groups is 2. The Morgan fingerprint density at radius 2 is 1.90 bits per heavy atom. The molecule has 0 saturated carbocycles. The van der Waals surface area contributed by atoms with E-state index in [0.29, 0.717) is 18.0 Å². The number of benzene rings is 1. The number of ether oxygens (including phenoxy) is 1. The maximum atomic E-state index is 13.2. The summed E-state index contributed by atoms with van der Waals surface area (Å²) in [6, 6.07) is 10.4. The number of nitrogens with zero attached hydrogens (tertiary/aromatic N) is 2. The number of likely N-dealkylation sites (tertiary alicyclic amines) is 1. The Hall–Kier alpha value is -2.64. The number of aliphatic hydroxyl groups is 1. The Labute approximate surface area is 186 Å².